The van der Waals surface area contributed by atoms with Gasteiger partial charge in [0.15, 0.2) is 24.9 Å². The lowest BCUT2D eigenvalue weighted by atomic mass is 10.1. The lowest BCUT2D eigenvalue weighted by Crippen LogP contribution is -2.64. The maximum Gasteiger partial charge on any atom is 0.399 e. The summed E-state index contributed by atoms with van der Waals surface area (Å²) in [4.78, 5) is 1.41. The van der Waals surface area contributed by atoms with Gasteiger partial charge in [-0.1, -0.05) is 0 Å². The standard InChI is InChI=1S/C11H17OS.C3F6NO4S2/c1-8-6-10(13(4)5)7-9(2)11(8)12-3;4-1(5)2(6,7)15(11,12)10-16(13,14)3(1,8)9/h6-7H,1-5H3;/q+1;-1. The Morgan fingerprint density at radius 1 is 0.862 bits per heavy atom. The van der Waals surface area contributed by atoms with Crippen molar-refractivity contribution in [3.05, 3.63) is 27.4 Å². The zero-order chi connectivity index (χ0) is 23.2. The summed E-state index contributed by atoms with van der Waals surface area (Å²) in [5.74, 6) is -5.58. The molecule has 0 atom stereocenters. The molecule has 1 saturated heterocycles. The Hall–Kier alpha value is -1.19. The molecule has 6 nitrogen and oxygen atoms in total. The number of ether oxygens (including phenoxy) is 1. The molecule has 2 rings (SSSR count). The van der Waals surface area contributed by atoms with Crippen molar-refractivity contribution in [1.82, 2.24) is 0 Å². The van der Waals surface area contributed by atoms with E-state index in [0.717, 1.165) is 9.88 Å². The van der Waals surface area contributed by atoms with Crippen molar-refractivity contribution in [2.24, 2.45) is 0 Å². The molecule has 0 amide bonds. The number of benzene rings is 1. The van der Waals surface area contributed by atoms with Crippen LogP contribution < -0.4 is 4.74 Å². The van der Waals surface area contributed by atoms with Crippen LogP contribution in [-0.2, 0) is 30.9 Å². The van der Waals surface area contributed by atoms with Crippen LogP contribution in [-0.4, -0.2) is 52.9 Å². The maximum absolute atomic E-state index is 12.4. The molecular formula is C14H17F6NO5S3. The highest BCUT2D eigenvalue weighted by Gasteiger charge is 2.81. The van der Waals surface area contributed by atoms with Crippen molar-refractivity contribution in [3.63, 3.8) is 0 Å². The summed E-state index contributed by atoms with van der Waals surface area (Å²) in [7, 11) is -11.1. The van der Waals surface area contributed by atoms with Gasteiger partial charge in [-0.15, -0.1) is 0 Å². The van der Waals surface area contributed by atoms with Gasteiger partial charge in [-0.25, -0.2) is 16.8 Å². The summed E-state index contributed by atoms with van der Waals surface area (Å²) in [5.41, 5.74) is 2.47. The molecule has 0 bridgehead atoms. The first kappa shape index (κ1) is 25.8. The fourth-order valence-electron chi connectivity index (χ4n) is 2.18. The molecule has 1 heterocycles. The highest BCUT2D eigenvalue weighted by Crippen LogP contribution is 2.57. The molecule has 0 saturated carbocycles. The van der Waals surface area contributed by atoms with E-state index < -0.39 is 36.5 Å². The Kier molecular flexibility index (Phi) is 6.96. The van der Waals surface area contributed by atoms with Gasteiger partial charge in [-0.2, -0.15) is 26.3 Å². The molecule has 0 aromatic heterocycles. The summed E-state index contributed by atoms with van der Waals surface area (Å²) in [6.45, 7) is 4.20. The van der Waals surface area contributed by atoms with Crippen molar-refractivity contribution >= 4 is 30.9 Å². The van der Waals surface area contributed by atoms with Gasteiger partial charge in [0.1, 0.15) is 18.3 Å². The quantitative estimate of drug-likeness (QED) is 0.469. The second-order valence-electron chi connectivity index (χ2n) is 6.04. The fraction of sp³-hybridized carbons (Fsp3) is 0.571. The molecule has 0 N–H and O–H groups in total. The predicted octanol–water partition coefficient (Wildman–Crippen LogP) is 3.40. The van der Waals surface area contributed by atoms with Crippen LogP contribution in [0.15, 0.2) is 17.0 Å². The number of sulfonamides is 2. The Bertz CT molecular complexity index is 924. The van der Waals surface area contributed by atoms with Crippen LogP contribution in [0, 0.1) is 13.8 Å². The highest BCUT2D eigenvalue weighted by molar-refractivity contribution is 8.13. The molecule has 0 unspecified atom stereocenters. The van der Waals surface area contributed by atoms with E-state index in [1.165, 1.54) is 16.0 Å². The zero-order valence-corrected chi connectivity index (χ0v) is 18.1. The average Bonchev–Trinajstić information content (AvgIpc) is 2.52. The van der Waals surface area contributed by atoms with Gasteiger partial charge in [-0.3, -0.25) is 0 Å². The van der Waals surface area contributed by atoms with Crippen LogP contribution >= 0.6 is 0 Å². The number of hydrogen-bond acceptors (Lipinski definition) is 5. The van der Waals surface area contributed by atoms with Crippen molar-refractivity contribution in [1.29, 1.82) is 0 Å². The van der Waals surface area contributed by atoms with E-state index in [9.17, 15) is 43.2 Å². The van der Waals surface area contributed by atoms with Gasteiger partial charge in [0.05, 0.1) is 7.11 Å². The topological polar surface area (TPSA) is 91.6 Å². The third kappa shape index (κ3) is 4.18. The molecule has 29 heavy (non-hydrogen) atoms. The normalized spacial score (nSPS) is 23.0. The lowest BCUT2D eigenvalue weighted by molar-refractivity contribution is -0.244. The van der Waals surface area contributed by atoms with E-state index in [4.69, 9.17) is 4.74 Å². The van der Waals surface area contributed by atoms with Gasteiger partial charge in [0, 0.05) is 10.9 Å². The van der Waals surface area contributed by atoms with Crippen molar-refractivity contribution in [2.75, 3.05) is 19.6 Å². The van der Waals surface area contributed by atoms with E-state index in [1.807, 2.05) is 0 Å². The SMILES string of the molecule is COc1c(C)cc([S+](C)C)cc1C.O=S1(=O)[N-]S(=O)(=O)C(F)(F)C(F)(F)C1(F)F. The van der Waals surface area contributed by atoms with Crippen LogP contribution in [0.5, 0.6) is 5.75 Å². The average molecular weight is 489 g/mol. The number of nitrogens with zero attached hydrogens (tertiary/aromatic N) is 1. The molecule has 1 aliphatic rings. The molecule has 0 radical (unpaired) electrons. The predicted molar refractivity (Wildman–Crippen MR) is 96.0 cm³/mol. The second-order valence-corrected chi connectivity index (χ2v) is 11.7. The molecule has 1 fully saturated rings. The van der Waals surface area contributed by atoms with E-state index in [2.05, 4.69) is 38.5 Å². The largest absolute Gasteiger partial charge is 0.496 e. The minimum Gasteiger partial charge on any atom is -0.496 e. The number of aryl methyl sites for hydroxylation is 2. The number of methoxy groups -OCH3 is 1. The minimum atomic E-state index is -6.60. The molecule has 0 aliphatic carbocycles. The number of alkyl halides is 6. The minimum absolute atomic E-state index is 0.335. The van der Waals surface area contributed by atoms with E-state index in [-0.39, 0.29) is 0 Å². The van der Waals surface area contributed by atoms with Gasteiger partial charge in [0.2, 0.25) is 0 Å². The van der Waals surface area contributed by atoms with Crippen LogP contribution in [0.25, 0.3) is 4.13 Å². The Labute approximate surface area is 167 Å². The Morgan fingerprint density at radius 3 is 1.48 bits per heavy atom. The molecule has 168 valence electrons. The van der Waals surface area contributed by atoms with Crippen LogP contribution in [0.3, 0.4) is 0 Å². The monoisotopic (exact) mass is 489 g/mol. The first-order valence-corrected chi connectivity index (χ1v) is 12.3. The second kappa shape index (κ2) is 7.81. The van der Waals surface area contributed by atoms with Crippen molar-refractivity contribution in [2.45, 2.75) is 35.2 Å². The van der Waals surface area contributed by atoms with Gasteiger partial charge >= 0.3 is 16.4 Å². The first-order valence-electron chi connectivity index (χ1n) is 7.36. The third-order valence-electron chi connectivity index (χ3n) is 3.68. The molecule has 1 aromatic carbocycles. The summed E-state index contributed by atoms with van der Waals surface area (Å²) in [6, 6.07) is 4.43. The summed E-state index contributed by atoms with van der Waals surface area (Å²) < 4.78 is 122. The van der Waals surface area contributed by atoms with E-state index >= 15 is 0 Å². The maximum atomic E-state index is 12.4. The van der Waals surface area contributed by atoms with E-state index in [0.29, 0.717) is 10.9 Å². The highest BCUT2D eigenvalue weighted by atomic mass is 32.3. The summed E-state index contributed by atoms with van der Waals surface area (Å²) >= 11 is 0. The number of halogens is 6. The Balaban J connectivity index is 0.000000296. The van der Waals surface area contributed by atoms with Gasteiger partial charge < -0.3 is 8.86 Å². The van der Waals surface area contributed by atoms with Crippen LogP contribution in [0.4, 0.5) is 26.3 Å². The smallest absolute Gasteiger partial charge is 0.399 e. The number of rotatable bonds is 2. The number of hydrogen-bond donors (Lipinski definition) is 0. The van der Waals surface area contributed by atoms with Gasteiger partial charge in [0.25, 0.3) is 0 Å². The molecule has 15 heteroatoms. The van der Waals surface area contributed by atoms with Crippen LogP contribution in [0.2, 0.25) is 0 Å². The molecule has 1 aromatic rings. The van der Waals surface area contributed by atoms with Crippen molar-refractivity contribution < 1.29 is 47.9 Å². The first-order chi connectivity index (χ1) is 12.8. The molecule has 1 aliphatic heterocycles. The lowest BCUT2D eigenvalue weighted by Gasteiger charge is -2.42. The molecule has 0 spiro atoms. The molecular weight excluding hydrogens is 472 g/mol. The van der Waals surface area contributed by atoms with Crippen LogP contribution in [0.1, 0.15) is 11.1 Å². The van der Waals surface area contributed by atoms with E-state index in [1.54, 1.807) is 7.11 Å². The van der Waals surface area contributed by atoms with Gasteiger partial charge in [-0.05, 0) is 37.1 Å². The Morgan fingerprint density at radius 2 is 1.21 bits per heavy atom. The summed E-state index contributed by atoms with van der Waals surface area (Å²) in [6.07, 6.45) is 4.47. The van der Waals surface area contributed by atoms with Crippen molar-refractivity contribution in [3.8, 4) is 5.75 Å². The zero-order valence-electron chi connectivity index (χ0n) is 15.6. The summed E-state index contributed by atoms with van der Waals surface area (Å²) in [5, 5.41) is -12.6. The third-order valence-corrected chi connectivity index (χ3v) is 8.24. The fourth-order valence-corrected chi connectivity index (χ4v) is 5.76.